The van der Waals surface area contributed by atoms with Crippen molar-refractivity contribution in [2.75, 3.05) is 4.90 Å². The molecule has 9 aromatic carbocycles. The van der Waals surface area contributed by atoms with Gasteiger partial charge >= 0.3 is 0 Å². The highest BCUT2D eigenvalue weighted by atomic mass is 16.3. The summed E-state index contributed by atoms with van der Waals surface area (Å²) in [5.74, 6) is 0. The van der Waals surface area contributed by atoms with Gasteiger partial charge in [0.15, 0.2) is 0 Å². The molecule has 0 spiro atoms. The molecule has 0 N–H and O–H groups in total. The standard InChI is InChI=1S/C48H31NO/c1-3-15-33(16-4-1)49(34-17-5-2-6-18-34)44-30-29-43(35-19-7-8-20-36(35)44)48-41-24-11-9-22-39(41)47(40-23-10-12-25-42(40)48)32-27-28-38-37-21-13-14-26-45(37)50-46(38)31-32/h1-31H. The molecule has 0 saturated heterocycles. The number of nitrogens with zero attached hydrogens (tertiary/aromatic N) is 1. The highest BCUT2D eigenvalue weighted by molar-refractivity contribution is 6.24. The van der Waals surface area contributed by atoms with Gasteiger partial charge in [-0.2, -0.15) is 0 Å². The van der Waals surface area contributed by atoms with Crippen LogP contribution in [0.25, 0.3) is 76.5 Å². The topological polar surface area (TPSA) is 16.4 Å². The molecule has 1 aromatic heterocycles. The molecule has 2 heteroatoms. The highest BCUT2D eigenvalue weighted by Gasteiger charge is 2.21. The van der Waals surface area contributed by atoms with Crippen LogP contribution in [0.4, 0.5) is 17.1 Å². The van der Waals surface area contributed by atoms with Crippen LogP contribution >= 0.6 is 0 Å². The van der Waals surface area contributed by atoms with Crippen molar-refractivity contribution in [3.05, 3.63) is 188 Å². The number of hydrogen-bond acceptors (Lipinski definition) is 2. The maximum atomic E-state index is 6.37. The zero-order valence-electron chi connectivity index (χ0n) is 27.3. The van der Waals surface area contributed by atoms with E-state index in [1.165, 1.54) is 49.0 Å². The van der Waals surface area contributed by atoms with E-state index in [0.717, 1.165) is 44.6 Å². The van der Waals surface area contributed by atoms with Crippen molar-refractivity contribution in [2.24, 2.45) is 0 Å². The van der Waals surface area contributed by atoms with Crippen LogP contribution in [0.1, 0.15) is 0 Å². The minimum absolute atomic E-state index is 0.906. The number of para-hydroxylation sites is 3. The SMILES string of the molecule is c1ccc(N(c2ccccc2)c2ccc(-c3c4ccccc4c(-c4ccc5c(c4)oc4ccccc45)c4ccccc34)c3ccccc23)cc1. The van der Waals surface area contributed by atoms with Gasteiger partial charge < -0.3 is 9.32 Å². The fourth-order valence-electron chi connectivity index (χ4n) is 7.89. The second kappa shape index (κ2) is 11.5. The van der Waals surface area contributed by atoms with E-state index in [0.29, 0.717) is 0 Å². The predicted molar refractivity (Wildman–Crippen MR) is 212 cm³/mol. The van der Waals surface area contributed by atoms with Gasteiger partial charge in [-0.25, -0.2) is 0 Å². The van der Waals surface area contributed by atoms with Gasteiger partial charge in [0.2, 0.25) is 0 Å². The van der Waals surface area contributed by atoms with Crippen molar-refractivity contribution in [1.29, 1.82) is 0 Å². The molecule has 0 unspecified atom stereocenters. The summed E-state index contributed by atoms with van der Waals surface area (Å²) >= 11 is 0. The van der Waals surface area contributed by atoms with Crippen LogP contribution in [0.2, 0.25) is 0 Å². The van der Waals surface area contributed by atoms with Gasteiger partial charge in [-0.05, 0) is 97.7 Å². The van der Waals surface area contributed by atoms with Crippen LogP contribution in [0.15, 0.2) is 192 Å². The van der Waals surface area contributed by atoms with E-state index < -0.39 is 0 Å². The number of furan rings is 1. The second-order valence-electron chi connectivity index (χ2n) is 12.8. The predicted octanol–water partition coefficient (Wildman–Crippen LogP) is 13.8. The lowest BCUT2D eigenvalue weighted by Crippen LogP contribution is -2.10. The van der Waals surface area contributed by atoms with Crippen LogP contribution in [0.5, 0.6) is 0 Å². The average molecular weight is 638 g/mol. The largest absolute Gasteiger partial charge is 0.456 e. The summed E-state index contributed by atoms with van der Waals surface area (Å²) in [7, 11) is 0. The maximum absolute atomic E-state index is 6.37. The maximum Gasteiger partial charge on any atom is 0.136 e. The molecule has 0 aliphatic rings. The molecule has 50 heavy (non-hydrogen) atoms. The Morgan fingerprint density at radius 2 is 0.800 bits per heavy atom. The quantitative estimate of drug-likeness (QED) is 0.175. The lowest BCUT2D eigenvalue weighted by atomic mass is 9.84. The van der Waals surface area contributed by atoms with Crippen molar-refractivity contribution in [2.45, 2.75) is 0 Å². The Balaban J connectivity index is 1.24. The highest BCUT2D eigenvalue weighted by Crippen LogP contribution is 2.48. The van der Waals surface area contributed by atoms with Gasteiger partial charge in [0.05, 0.1) is 5.69 Å². The van der Waals surface area contributed by atoms with E-state index in [1.54, 1.807) is 0 Å². The molecule has 0 aliphatic heterocycles. The lowest BCUT2D eigenvalue weighted by molar-refractivity contribution is 0.669. The van der Waals surface area contributed by atoms with Gasteiger partial charge in [0.25, 0.3) is 0 Å². The fourth-order valence-corrected chi connectivity index (χ4v) is 7.89. The number of hydrogen-bond donors (Lipinski definition) is 0. The third-order valence-corrected chi connectivity index (χ3v) is 10.0. The van der Waals surface area contributed by atoms with Gasteiger partial charge in [-0.1, -0.05) is 140 Å². The minimum atomic E-state index is 0.906. The minimum Gasteiger partial charge on any atom is -0.456 e. The summed E-state index contributed by atoms with van der Waals surface area (Å²) in [6.45, 7) is 0. The molecule has 10 aromatic rings. The Morgan fingerprint density at radius 1 is 0.320 bits per heavy atom. The van der Waals surface area contributed by atoms with E-state index >= 15 is 0 Å². The van der Waals surface area contributed by atoms with Crippen LogP contribution < -0.4 is 4.90 Å². The van der Waals surface area contributed by atoms with Gasteiger partial charge in [-0.15, -0.1) is 0 Å². The van der Waals surface area contributed by atoms with Gasteiger partial charge in [0, 0.05) is 27.5 Å². The summed E-state index contributed by atoms with van der Waals surface area (Å²) in [5, 5.41) is 9.60. The molecule has 0 aliphatic carbocycles. The Hall–Kier alpha value is -6.64. The first-order valence-corrected chi connectivity index (χ1v) is 17.1. The first kappa shape index (κ1) is 28.4. The molecular formula is C48H31NO. The fraction of sp³-hybridized carbons (Fsp3) is 0. The molecule has 1 heterocycles. The number of rotatable bonds is 5. The van der Waals surface area contributed by atoms with Crippen LogP contribution in [0, 0.1) is 0 Å². The van der Waals surface area contributed by atoms with E-state index in [2.05, 4.69) is 181 Å². The second-order valence-corrected chi connectivity index (χ2v) is 12.8. The summed E-state index contributed by atoms with van der Waals surface area (Å²) in [5.41, 5.74) is 10.1. The summed E-state index contributed by atoms with van der Waals surface area (Å²) in [4.78, 5) is 2.36. The van der Waals surface area contributed by atoms with E-state index in [4.69, 9.17) is 4.42 Å². The molecule has 10 rings (SSSR count). The number of anilines is 3. The van der Waals surface area contributed by atoms with E-state index in [1.807, 2.05) is 12.1 Å². The van der Waals surface area contributed by atoms with E-state index in [-0.39, 0.29) is 0 Å². The third-order valence-electron chi connectivity index (χ3n) is 10.0. The zero-order chi connectivity index (χ0) is 33.0. The zero-order valence-corrected chi connectivity index (χ0v) is 27.3. The van der Waals surface area contributed by atoms with Gasteiger partial charge in [0.1, 0.15) is 11.2 Å². The summed E-state index contributed by atoms with van der Waals surface area (Å²) < 4.78 is 6.37. The first-order chi connectivity index (χ1) is 24.8. The van der Waals surface area contributed by atoms with Crippen molar-refractivity contribution in [1.82, 2.24) is 0 Å². The van der Waals surface area contributed by atoms with Crippen LogP contribution in [0.3, 0.4) is 0 Å². The summed E-state index contributed by atoms with van der Waals surface area (Å²) in [6.07, 6.45) is 0. The Kier molecular flexibility index (Phi) is 6.53. The third kappa shape index (κ3) is 4.43. The molecular weight excluding hydrogens is 607 g/mol. The molecule has 234 valence electrons. The molecule has 0 amide bonds. The van der Waals surface area contributed by atoms with E-state index in [9.17, 15) is 0 Å². The molecule has 0 fully saturated rings. The molecule has 2 nitrogen and oxygen atoms in total. The Labute approximate surface area is 290 Å². The average Bonchev–Trinajstić information content (AvgIpc) is 3.56. The molecule has 0 atom stereocenters. The molecule has 0 saturated carbocycles. The van der Waals surface area contributed by atoms with Crippen LogP contribution in [-0.4, -0.2) is 0 Å². The van der Waals surface area contributed by atoms with Gasteiger partial charge in [-0.3, -0.25) is 0 Å². The van der Waals surface area contributed by atoms with Crippen molar-refractivity contribution < 1.29 is 4.42 Å². The van der Waals surface area contributed by atoms with Crippen LogP contribution in [-0.2, 0) is 0 Å². The Morgan fingerprint density at radius 3 is 1.42 bits per heavy atom. The van der Waals surface area contributed by atoms with Crippen molar-refractivity contribution in [3.8, 4) is 22.3 Å². The smallest absolute Gasteiger partial charge is 0.136 e. The molecule has 0 radical (unpaired) electrons. The normalized spacial score (nSPS) is 11.6. The summed E-state index contributed by atoms with van der Waals surface area (Å²) in [6, 6.07) is 67.4. The Bertz CT molecular complexity index is 2770. The molecule has 0 bridgehead atoms. The number of benzene rings is 9. The lowest BCUT2D eigenvalue weighted by Gasteiger charge is -2.27. The first-order valence-electron chi connectivity index (χ1n) is 17.1. The number of fused-ring (bicyclic) bond motifs is 6. The van der Waals surface area contributed by atoms with Crippen molar-refractivity contribution >= 4 is 71.3 Å². The van der Waals surface area contributed by atoms with Crippen molar-refractivity contribution in [3.63, 3.8) is 0 Å². The monoisotopic (exact) mass is 637 g/mol.